The number of nitrogen functional groups attached to an aromatic ring is 1. The van der Waals surface area contributed by atoms with Crippen molar-refractivity contribution < 1.29 is 9.90 Å². The smallest absolute Gasteiger partial charge is 0.267 e. The van der Waals surface area contributed by atoms with Crippen LogP contribution in [0.2, 0.25) is 5.02 Å². The minimum Gasteiger partial charge on any atom is -0.397 e. The average Bonchev–Trinajstić information content (AvgIpc) is 3.06. The van der Waals surface area contributed by atoms with Crippen LogP contribution in [0.5, 0.6) is 0 Å². The molecule has 1 amide bonds. The van der Waals surface area contributed by atoms with Crippen molar-refractivity contribution in [1.82, 2.24) is 4.98 Å². The van der Waals surface area contributed by atoms with Gasteiger partial charge in [-0.15, -0.1) is 11.3 Å². The molecular weight excluding hydrogens is 418 g/mol. The third-order valence-electron chi connectivity index (χ3n) is 5.08. The number of benzene rings is 2. The van der Waals surface area contributed by atoms with Crippen LogP contribution in [0.1, 0.15) is 38.2 Å². The molecule has 0 spiro atoms. The summed E-state index contributed by atoms with van der Waals surface area (Å²) in [6, 6.07) is 16.5. The number of aryl methyl sites for hydroxylation is 1. The van der Waals surface area contributed by atoms with Crippen LogP contribution in [0, 0.1) is 13.8 Å². The number of nitrogens with one attached hydrogen (secondary N) is 1. The van der Waals surface area contributed by atoms with Gasteiger partial charge < -0.3 is 16.2 Å². The fourth-order valence-electron chi connectivity index (χ4n) is 3.33. The maximum Gasteiger partial charge on any atom is 0.267 e. The number of pyridine rings is 1. The Labute approximate surface area is 183 Å². The summed E-state index contributed by atoms with van der Waals surface area (Å²) >= 11 is 7.38. The van der Waals surface area contributed by atoms with E-state index < -0.39 is 6.10 Å². The van der Waals surface area contributed by atoms with Crippen LogP contribution < -0.4 is 11.1 Å². The molecule has 2 heterocycles. The Bertz CT molecular complexity index is 1250. The molecule has 4 N–H and O–H groups in total. The van der Waals surface area contributed by atoms with Crippen LogP contribution in [0.15, 0.2) is 54.6 Å². The summed E-state index contributed by atoms with van der Waals surface area (Å²) in [6.07, 6.45) is -0.825. The molecule has 5 nitrogen and oxygen atoms in total. The Hall–Kier alpha value is -2.93. The summed E-state index contributed by atoms with van der Waals surface area (Å²) < 4.78 is 0. The Balaban J connectivity index is 1.72. The van der Waals surface area contributed by atoms with Crippen LogP contribution in [0.3, 0.4) is 0 Å². The van der Waals surface area contributed by atoms with E-state index in [0.29, 0.717) is 42.7 Å². The summed E-state index contributed by atoms with van der Waals surface area (Å²) in [5.41, 5.74) is 10.2. The normalized spacial score (nSPS) is 12.1. The highest BCUT2D eigenvalue weighted by molar-refractivity contribution is 7.21. The Morgan fingerprint density at radius 1 is 1.17 bits per heavy atom. The highest BCUT2D eigenvalue weighted by Gasteiger charge is 2.21. The summed E-state index contributed by atoms with van der Waals surface area (Å²) in [6.45, 7) is 3.68. The monoisotopic (exact) mass is 437 g/mol. The molecule has 1 atom stereocenters. The van der Waals surface area contributed by atoms with E-state index in [1.165, 1.54) is 11.3 Å². The van der Waals surface area contributed by atoms with Gasteiger partial charge in [0, 0.05) is 27.4 Å². The molecule has 0 fully saturated rings. The molecule has 0 aliphatic rings. The molecule has 0 saturated heterocycles. The van der Waals surface area contributed by atoms with Crippen LogP contribution >= 0.6 is 22.9 Å². The molecule has 4 rings (SSSR count). The number of hydrogen-bond donors (Lipinski definition) is 3. The van der Waals surface area contributed by atoms with Crippen molar-refractivity contribution in [1.29, 1.82) is 0 Å². The summed E-state index contributed by atoms with van der Waals surface area (Å²) in [5, 5.41) is 14.9. The first-order valence-electron chi connectivity index (χ1n) is 9.35. The number of amides is 1. The van der Waals surface area contributed by atoms with Crippen molar-refractivity contribution in [2.24, 2.45) is 0 Å². The fraction of sp³-hybridized carbons (Fsp3) is 0.130. The molecule has 0 radical (unpaired) electrons. The number of halogens is 1. The first-order chi connectivity index (χ1) is 14.4. The highest BCUT2D eigenvalue weighted by Crippen LogP contribution is 2.37. The van der Waals surface area contributed by atoms with Gasteiger partial charge >= 0.3 is 0 Å². The maximum atomic E-state index is 12.9. The largest absolute Gasteiger partial charge is 0.397 e. The fourth-order valence-corrected chi connectivity index (χ4v) is 4.52. The van der Waals surface area contributed by atoms with Gasteiger partial charge in [-0.1, -0.05) is 48.0 Å². The van der Waals surface area contributed by atoms with Crippen LogP contribution in [-0.4, -0.2) is 16.0 Å². The standard InChI is InChI=1S/C23H20ClN3O2S/c1-12-17(24)9-6-10-18(12)27-22(29)21-19(25)16-11-15(13(2)26-23(16)30-21)20(28)14-7-4-3-5-8-14/h3-11,20,28H,25H2,1-2H3,(H,27,29). The van der Waals surface area contributed by atoms with E-state index in [0.717, 1.165) is 11.1 Å². The minimum atomic E-state index is -0.825. The van der Waals surface area contributed by atoms with Gasteiger partial charge in [0.05, 0.1) is 5.69 Å². The van der Waals surface area contributed by atoms with Crippen molar-refractivity contribution in [2.75, 3.05) is 11.1 Å². The van der Waals surface area contributed by atoms with Gasteiger partial charge in [0.2, 0.25) is 0 Å². The quantitative estimate of drug-likeness (QED) is 0.394. The lowest BCUT2D eigenvalue weighted by Gasteiger charge is -2.14. The van der Waals surface area contributed by atoms with E-state index in [-0.39, 0.29) is 5.91 Å². The van der Waals surface area contributed by atoms with Crippen molar-refractivity contribution in [3.05, 3.63) is 86.9 Å². The van der Waals surface area contributed by atoms with Crippen LogP contribution in [-0.2, 0) is 0 Å². The van der Waals surface area contributed by atoms with Gasteiger partial charge in [-0.05, 0) is 43.2 Å². The second-order valence-electron chi connectivity index (χ2n) is 7.04. The van der Waals surface area contributed by atoms with Crippen LogP contribution in [0.4, 0.5) is 11.4 Å². The predicted molar refractivity (Wildman–Crippen MR) is 123 cm³/mol. The van der Waals surface area contributed by atoms with Gasteiger partial charge in [-0.3, -0.25) is 4.79 Å². The Morgan fingerprint density at radius 2 is 1.90 bits per heavy atom. The molecule has 152 valence electrons. The van der Waals surface area contributed by atoms with E-state index >= 15 is 0 Å². The third-order valence-corrected chi connectivity index (χ3v) is 6.61. The van der Waals surface area contributed by atoms with E-state index in [2.05, 4.69) is 10.3 Å². The lowest BCUT2D eigenvalue weighted by molar-refractivity contribution is 0.103. The summed E-state index contributed by atoms with van der Waals surface area (Å²) in [7, 11) is 0. The number of fused-ring (bicyclic) bond motifs is 1. The number of nitrogens with zero attached hydrogens (tertiary/aromatic N) is 1. The van der Waals surface area contributed by atoms with Crippen molar-refractivity contribution in [2.45, 2.75) is 20.0 Å². The SMILES string of the molecule is Cc1nc2sc(C(=O)Nc3cccc(Cl)c3C)c(N)c2cc1C(O)c1ccccc1. The van der Waals surface area contributed by atoms with Gasteiger partial charge in [0.1, 0.15) is 15.8 Å². The van der Waals surface area contributed by atoms with E-state index in [4.69, 9.17) is 17.3 Å². The zero-order valence-electron chi connectivity index (χ0n) is 16.4. The second-order valence-corrected chi connectivity index (χ2v) is 8.45. The minimum absolute atomic E-state index is 0.316. The molecule has 0 saturated carbocycles. The molecule has 2 aromatic carbocycles. The molecule has 7 heteroatoms. The number of aliphatic hydroxyl groups is 1. The van der Waals surface area contributed by atoms with Crippen molar-refractivity contribution in [3.63, 3.8) is 0 Å². The van der Waals surface area contributed by atoms with Gasteiger partial charge in [-0.25, -0.2) is 4.98 Å². The lowest BCUT2D eigenvalue weighted by Crippen LogP contribution is -2.12. The molecule has 1 unspecified atom stereocenters. The van der Waals surface area contributed by atoms with E-state index in [1.807, 2.05) is 50.2 Å². The second kappa shape index (κ2) is 8.07. The van der Waals surface area contributed by atoms with Gasteiger partial charge in [-0.2, -0.15) is 0 Å². The maximum absolute atomic E-state index is 12.9. The molecule has 30 heavy (non-hydrogen) atoms. The Morgan fingerprint density at radius 3 is 2.63 bits per heavy atom. The van der Waals surface area contributed by atoms with Crippen LogP contribution in [0.25, 0.3) is 10.2 Å². The third kappa shape index (κ3) is 3.65. The number of rotatable bonds is 4. The number of hydrogen-bond acceptors (Lipinski definition) is 5. The van der Waals surface area contributed by atoms with E-state index in [9.17, 15) is 9.90 Å². The zero-order chi connectivity index (χ0) is 21.4. The van der Waals surface area contributed by atoms with Gasteiger partial charge in [0.15, 0.2) is 0 Å². The molecule has 2 aromatic heterocycles. The predicted octanol–water partition coefficient (Wildman–Crippen LogP) is 5.48. The molecule has 0 aliphatic carbocycles. The molecular formula is C23H20ClN3O2S. The van der Waals surface area contributed by atoms with Crippen molar-refractivity contribution in [3.8, 4) is 0 Å². The number of aromatic nitrogens is 1. The number of nitrogens with two attached hydrogens (primary N) is 1. The molecule has 0 bridgehead atoms. The molecule has 4 aromatic rings. The van der Waals surface area contributed by atoms with E-state index in [1.54, 1.807) is 18.2 Å². The van der Waals surface area contributed by atoms with Crippen molar-refractivity contribution >= 4 is 50.4 Å². The summed E-state index contributed by atoms with van der Waals surface area (Å²) in [4.78, 5) is 18.5. The topological polar surface area (TPSA) is 88.2 Å². The van der Waals surface area contributed by atoms with Gasteiger partial charge in [0.25, 0.3) is 5.91 Å². The summed E-state index contributed by atoms with van der Waals surface area (Å²) in [5.74, 6) is -0.316. The lowest BCUT2D eigenvalue weighted by atomic mass is 9.99. The number of anilines is 2. The first kappa shape index (κ1) is 20.3. The zero-order valence-corrected chi connectivity index (χ0v) is 18.0. The Kier molecular flexibility index (Phi) is 5.47. The number of aliphatic hydroxyl groups excluding tert-OH is 1. The highest BCUT2D eigenvalue weighted by atomic mass is 35.5. The average molecular weight is 438 g/mol. The number of carbonyl (C=O) groups is 1. The number of carbonyl (C=O) groups excluding carboxylic acids is 1. The number of thiophene rings is 1. The first-order valence-corrected chi connectivity index (χ1v) is 10.5. The molecule has 0 aliphatic heterocycles.